The second-order valence-electron chi connectivity index (χ2n) is 4.74. The molecule has 0 amide bonds. The van der Waals surface area contributed by atoms with Crippen molar-refractivity contribution >= 4 is 15.9 Å². The van der Waals surface area contributed by atoms with Crippen molar-refractivity contribution in [1.29, 1.82) is 0 Å². The Balaban J connectivity index is 2.15. The standard InChI is InChI=1S/C17H19BrO3/c1-20-15-11-9-13(17(21-2)16(15)18)14(19)10-8-12-6-4-3-5-7-12/h3-7,9,11,14,19H,8,10H2,1-2H3. The zero-order chi connectivity index (χ0) is 15.2. The van der Waals surface area contributed by atoms with E-state index in [0.717, 1.165) is 16.5 Å². The molecular weight excluding hydrogens is 332 g/mol. The van der Waals surface area contributed by atoms with Gasteiger partial charge in [-0.3, -0.25) is 0 Å². The predicted molar refractivity (Wildman–Crippen MR) is 87.0 cm³/mol. The lowest BCUT2D eigenvalue weighted by Gasteiger charge is -2.17. The predicted octanol–water partition coefficient (Wildman–Crippen LogP) is 4.13. The Kier molecular flexibility index (Phi) is 5.65. The lowest BCUT2D eigenvalue weighted by atomic mass is 10.0. The SMILES string of the molecule is COc1ccc(C(O)CCc2ccccc2)c(OC)c1Br. The van der Waals surface area contributed by atoms with Gasteiger partial charge in [0.15, 0.2) is 0 Å². The van der Waals surface area contributed by atoms with Crippen LogP contribution in [0, 0.1) is 0 Å². The Bertz CT molecular complexity index is 584. The molecule has 0 aromatic heterocycles. The van der Waals surface area contributed by atoms with E-state index in [-0.39, 0.29) is 0 Å². The Morgan fingerprint density at radius 3 is 2.38 bits per heavy atom. The van der Waals surface area contributed by atoms with Crippen LogP contribution in [0.15, 0.2) is 46.9 Å². The first-order valence-corrected chi connectivity index (χ1v) is 7.59. The molecule has 1 atom stereocenters. The first kappa shape index (κ1) is 15.9. The van der Waals surface area contributed by atoms with E-state index in [1.54, 1.807) is 14.2 Å². The molecule has 1 N–H and O–H groups in total. The quantitative estimate of drug-likeness (QED) is 0.850. The smallest absolute Gasteiger partial charge is 0.142 e. The third kappa shape index (κ3) is 3.77. The summed E-state index contributed by atoms with van der Waals surface area (Å²) in [5, 5.41) is 10.4. The first-order chi connectivity index (χ1) is 10.2. The second kappa shape index (κ2) is 7.48. The largest absolute Gasteiger partial charge is 0.495 e. The molecule has 3 nitrogen and oxygen atoms in total. The molecule has 0 saturated carbocycles. The zero-order valence-electron chi connectivity index (χ0n) is 12.2. The Hall–Kier alpha value is -1.52. The molecule has 2 aromatic rings. The van der Waals surface area contributed by atoms with Crippen molar-refractivity contribution in [2.75, 3.05) is 14.2 Å². The summed E-state index contributed by atoms with van der Waals surface area (Å²) in [4.78, 5) is 0. The summed E-state index contributed by atoms with van der Waals surface area (Å²) >= 11 is 3.46. The second-order valence-corrected chi connectivity index (χ2v) is 5.54. The lowest BCUT2D eigenvalue weighted by molar-refractivity contribution is 0.163. The highest BCUT2D eigenvalue weighted by atomic mass is 79.9. The molecule has 21 heavy (non-hydrogen) atoms. The van der Waals surface area contributed by atoms with Crippen molar-refractivity contribution < 1.29 is 14.6 Å². The van der Waals surface area contributed by atoms with E-state index < -0.39 is 6.10 Å². The van der Waals surface area contributed by atoms with Crippen LogP contribution in [0.5, 0.6) is 11.5 Å². The van der Waals surface area contributed by atoms with Crippen LogP contribution in [0.4, 0.5) is 0 Å². The van der Waals surface area contributed by atoms with E-state index in [1.165, 1.54) is 5.56 Å². The molecule has 0 heterocycles. The van der Waals surface area contributed by atoms with E-state index in [2.05, 4.69) is 28.1 Å². The summed E-state index contributed by atoms with van der Waals surface area (Å²) in [5.74, 6) is 1.31. The van der Waals surface area contributed by atoms with Gasteiger partial charge in [-0.15, -0.1) is 0 Å². The number of aliphatic hydroxyl groups excluding tert-OH is 1. The molecule has 0 fully saturated rings. The summed E-state index contributed by atoms with van der Waals surface area (Å²) in [7, 11) is 3.19. The van der Waals surface area contributed by atoms with Gasteiger partial charge in [0.1, 0.15) is 16.0 Å². The Morgan fingerprint density at radius 2 is 1.76 bits per heavy atom. The number of methoxy groups -OCH3 is 2. The number of hydrogen-bond acceptors (Lipinski definition) is 3. The molecule has 0 aliphatic heterocycles. The molecule has 0 spiro atoms. The highest BCUT2D eigenvalue weighted by Gasteiger charge is 2.18. The van der Waals surface area contributed by atoms with E-state index in [1.807, 2.05) is 30.3 Å². The third-order valence-corrected chi connectivity index (χ3v) is 4.18. The Labute approximate surface area is 133 Å². The van der Waals surface area contributed by atoms with Crippen LogP contribution in [-0.4, -0.2) is 19.3 Å². The molecule has 0 saturated heterocycles. The molecular formula is C17H19BrO3. The number of rotatable bonds is 6. The normalized spacial score (nSPS) is 12.0. The summed E-state index contributed by atoms with van der Waals surface area (Å²) in [6.45, 7) is 0. The van der Waals surface area contributed by atoms with Crippen molar-refractivity contribution in [3.05, 3.63) is 58.1 Å². The Morgan fingerprint density at radius 1 is 1.05 bits per heavy atom. The lowest BCUT2D eigenvalue weighted by Crippen LogP contribution is -2.03. The average molecular weight is 351 g/mol. The van der Waals surface area contributed by atoms with Gasteiger partial charge in [-0.2, -0.15) is 0 Å². The fourth-order valence-corrected chi connectivity index (χ4v) is 2.97. The molecule has 0 aliphatic carbocycles. The summed E-state index contributed by atoms with van der Waals surface area (Å²) in [5.41, 5.74) is 1.98. The summed E-state index contributed by atoms with van der Waals surface area (Å²) < 4.78 is 11.4. The number of halogens is 1. The van der Waals surface area contributed by atoms with Gasteiger partial charge in [0.25, 0.3) is 0 Å². The highest BCUT2D eigenvalue weighted by molar-refractivity contribution is 9.10. The molecule has 2 rings (SSSR count). The van der Waals surface area contributed by atoms with Gasteiger partial charge in [0.2, 0.25) is 0 Å². The number of benzene rings is 2. The third-order valence-electron chi connectivity index (χ3n) is 3.42. The summed E-state index contributed by atoms with van der Waals surface area (Å²) in [6.07, 6.45) is 0.871. The van der Waals surface area contributed by atoms with E-state index in [9.17, 15) is 5.11 Å². The highest BCUT2D eigenvalue weighted by Crippen LogP contribution is 2.40. The number of hydrogen-bond donors (Lipinski definition) is 1. The van der Waals surface area contributed by atoms with Crippen LogP contribution in [0.2, 0.25) is 0 Å². The fourth-order valence-electron chi connectivity index (χ4n) is 2.28. The topological polar surface area (TPSA) is 38.7 Å². The van der Waals surface area contributed by atoms with Crippen molar-refractivity contribution in [2.45, 2.75) is 18.9 Å². The maximum atomic E-state index is 10.4. The van der Waals surface area contributed by atoms with E-state index >= 15 is 0 Å². The van der Waals surface area contributed by atoms with Gasteiger partial charge in [-0.05, 0) is 46.5 Å². The van der Waals surface area contributed by atoms with Crippen molar-refractivity contribution in [1.82, 2.24) is 0 Å². The zero-order valence-corrected chi connectivity index (χ0v) is 13.8. The molecule has 0 aliphatic rings. The van der Waals surface area contributed by atoms with Gasteiger partial charge in [-0.25, -0.2) is 0 Å². The van der Waals surface area contributed by atoms with Gasteiger partial charge in [-0.1, -0.05) is 30.3 Å². The minimum atomic E-state index is -0.581. The summed E-state index contributed by atoms with van der Waals surface area (Å²) in [6, 6.07) is 13.8. The fraction of sp³-hybridized carbons (Fsp3) is 0.294. The van der Waals surface area contributed by atoms with Crippen LogP contribution < -0.4 is 9.47 Å². The molecule has 112 valence electrons. The maximum Gasteiger partial charge on any atom is 0.142 e. The molecule has 4 heteroatoms. The first-order valence-electron chi connectivity index (χ1n) is 6.79. The van der Waals surface area contributed by atoms with E-state index in [0.29, 0.717) is 17.9 Å². The van der Waals surface area contributed by atoms with Crippen LogP contribution in [0.1, 0.15) is 23.7 Å². The number of ether oxygens (including phenoxy) is 2. The van der Waals surface area contributed by atoms with Gasteiger partial charge < -0.3 is 14.6 Å². The van der Waals surface area contributed by atoms with Crippen LogP contribution in [0.25, 0.3) is 0 Å². The number of aliphatic hydroxyl groups is 1. The maximum absolute atomic E-state index is 10.4. The van der Waals surface area contributed by atoms with Crippen LogP contribution >= 0.6 is 15.9 Å². The van der Waals surface area contributed by atoms with Gasteiger partial charge in [0.05, 0.1) is 20.3 Å². The molecule has 0 radical (unpaired) electrons. The van der Waals surface area contributed by atoms with Crippen LogP contribution in [-0.2, 0) is 6.42 Å². The molecule has 2 aromatic carbocycles. The van der Waals surface area contributed by atoms with Crippen molar-refractivity contribution in [3.63, 3.8) is 0 Å². The molecule has 1 unspecified atom stereocenters. The molecule has 0 bridgehead atoms. The number of aryl methyl sites for hydroxylation is 1. The average Bonchev–Trinajstić information content (AvgIpc) is 2.53. The van der Waals surface area contributed by atoms with E-state index in [4.69, 9.17) is 9.47 Å². The monoisotopic (exact) mass is 350 g/mol. The van der Waals surface area contributed by atoms with Crippen molar-refractivity contribution in [2.24, 2.45) is 0 Å². The van der Waals surface area contributed by atoms with Gasteiger partial charge in [0, 0.05) is 5.56 Å². The van der Waals surface area contributed by atoms with Gasteiger partial charge >= 0.3 is 0 Å². The van der Waals surface area contributed by atoms with Crippen molar-refractivity contribution in [3.8, 4) is 11.5 Å². The van der Waals surface area contributed by atoms with Crippen LogP contribution in [0.3, 0.4) is 0 Å². The minimum Gasteiger partial charge on any atom is -0.495 e. The minimum absolute atomic E-state index is 0.581.